The molecule has 1 saturated heterocycles. The molecule has 166 valence electrons. The molecule has 0 saturated carbocycles. The molecule has 1 N–H and O–H groups in total. The molecule has 0 atom stereocenters. The highest BCUT2D eigenvalue weighted by atomic mass is 32.2. The number of sulfonamides is 1. The normalized spacial score (nSPS) is 15.3. The fourth-order valence-electron chi connectivity index (χ4n) is 4.09. The first kappa shape index (κ1) is 22.2. The van der Waals surface area contributed by atoms with Crippen molar-refractivity contribution < 1.29 is 13.2 Å². The van der Waals surface area contributed by atoms with Crippen LogP contribution >= 0.6 is 0 Å². The number of rotatable bonds is 6. The molecule has 0 spiro atoms. The third-order valence-electron chi connectivity index (χ3n) is 5.84. The van der Waals surface area contributed by atoms with Crippen LogP contribution in [0.1, 0.15) is 53.2 Å². The van der Waals surface area contributed by atoms with Gasteiger partial charge in [0, 0.05) is 18.7 Å². The number of nitrogens with zero attached hydrogens (tertiary/aromatic N) is 1. The molecule has 1 heterocycles. The summed E-state index contributed by atoms with van der Waals surface area (Å²) in [6.07, 6.45) is 3.84. The molecular weight excluding hydrogens is 420 g/mol. The van der Waals surface area contributed by atoms with Gasteiger partial charge in [-0.05, 0) is 42.2 Å². The van der Waals surface area contributed by atoms with E-state index in [0.29, 0.717) is 18.7 Å². The molecule has 1 fully saturated rings. The minimum Gasteiger partial charge on any atom is -0.341 e. The maximum atomic E-state index is 13.2. The van der Waals surface area contributed by atoms with Crippen molar-refractivity contribution in [2.75, 3.05) is 13.1 Å². The second-order valence-corrected chi connectivity index (χ2v) is 10.0. The van der Waals surface area contributed by atoms with E-state index in [0.717, 1.165) is 36.8 Å². The van der Waals surface area contributed by atoms with Crippen molar-refractivity contribution in [2.45, 2.75) is 36.6 Å². The standard InChI is InChI=1S/C26H28N2O3S/c29-26(27-25(21-12-5-3-6-13-21)22-14-7-4-8-15-22)23-16-11-17-24(20-23)32(30,31)28-18-9-1-2-10-19-28/h3-8,11-17,20,25H,1-2,9-10,18-19H2,(H,27,29). The molecule has 0 aliphatic carbocycles. The van der Waals surface area contributed by atoms with Gasteiger partial charge in [0.1, 0.15) is 0 Å². The number of benzene rings is 3. The number of hydrogen-bond donors (Lipinski definition) is 1. The van der Waals surface area contributed by atoms with Crippen LogP contribution in [0.2, 0.25) is 0 Å². The minimum absolute atomic E-state index is 0.169. The third kappa shape index (κ3) is 5.09. The molecule has 0 aromatic heterocycles. The van der Waals surface area contributed by atoms with E-state index in [1.54, 1.807) is 22.5 Å². The van der Waals surface area contributed by atoms with Crippen LogP contribution in [0.25, 0.3) is 0 Å². The maximum Gasteiger partial charge on any atom is 0.252 e. The van der Waals surface area contributed by atoms with Crippen molar-refractivity contribution in [1.29, 1.82) is 0 Å². The molecule has 1 amide bonds. The molecule has 0 unspecified atom stereocenters. The quantitative estimate of drug-likeness (QED) is 0.591. The summed E-state index contributed by atoms with van der Waals surface area (Å²) in [5.41, 5.74) is 2.25. The van der Waals surface area contributed by atoms with Gasteiger partial charge >= 0.3 is 0 Å². The molecule has 4 rings (SSSR count). The van der Waals surface area contributed by atoms with Crippen molar-refractivity contribution in [3.05, 3.63) is 102 Å². The summed E-state index contributed by atoms with van der Waals surface area (Å²) >= 11 is 0. The molecule has 3 aromatic rings. The van der Waals surface area contributed by atoms with Crippen LogP contribution in [0.3, 0.4) is 0 Å². The number of nitrogens with one attached hydrogen (secondary N) is 1. The van der Waals surface area contributed by atoms with E-state index >= 15 is 0 Å². The first-order chi connectivity index (χ1) is 15.6. The largest absolute Gasteiger partial charge is 0.341 e. The van der Waals surface area contributed by atoms with E-state index in [1.165, 1.54) is 6.07 Å². The van der Waals surface area contributed by atoms with Gasteiger partial charge in [-0.1, -0.05) is 79.6 Å². The van der Waals surface area contributed by atoms with Crippen LogP contribution in [-0.4, -0.2) is 31.7 Å². The van der Waals surface area contributed by atoms with Crippen molar-refractivity contribution in [3.63, 3.8) is 0 Å². The molecule has 32 heavy (non-hydrogen) atoms. The first-order valence-electron chi connectivity index (χ1n) is 11.1. The van der Waals surface area contributed by atoms with E-state index in [1.807, 2.05) is 60.7 Å². The Morgan fingerprint density at radius 3 is 1.88 bits per heavy atom. The van der Waals surface area contributed by atoms with E-state index < -0.39 is 10.0 Å². The van der Waals surface area contributed by atoms with Crippen LogP contribution in [0.5, 0.6) is 0 Å². The molecule has 1 aliphatic heterocycles. The average molecular weight is 449 g/mol. The Bertz CT molecular complexity index is 1100. The van der Waals surface area contributed by atoms with Gasteiger partial charge in [-0.2, -0.15) is 4.31 Å². The van der Waals surface area contributed by atoms with Crippen LogP contribution < -0.4 is 5.32 Å². The Morgan fingerprint density at radius 1 is 0.750 bits per heavy atom. The van der Waals surface area contributed by atoms with E-state index in [-0.39, 0.29) is 16.8 Å². The second-order valence-electron chi connectivity index (χ2n) is 8.07. The highest BCUT2D eigenvalue weighted by Gasteiger charge is 2.26. The SMILES string of the molecule is O=C(NC(c1ccccc1)c1ccccc1)c1cccc(S(=O)(=O)N2CCCCCC2)c1. The molecule has 0 radical (unpaired) electrons. The van der Waals surface area contributed by atoms with E-state index in [2.05, 4.69) is 5.32 Å². The van der Waals surface area contributed by atoms with Gasteiger partial charge in [-0.15, -0.1) is 0 Å². The van der Waals surface area contributed by atoms with Crippen LogP contribution in [0, 0.1) is 0 Å². The van der Waals surface area contributed by atoms with Crippen molar-refractivity contribution in [1.82, 2.24) is 9.62 Å². The summed E-state index contributed by atoms with van der Waals surface area (Å²) in [6.45, 7) is 1.06. The fraction of sp³-hybridized carbons (Fsp3) is 0.269. The first-order valence-corrected chi connectivity index (χ1v) is 12.5. The van der Waals surface area contributed by atoms with Crippen molar-refractivity contribution in [3.8, 4) is 0 Å². The minimum atomic E-state index is -3.62. The Morgan fingerprint density at radius 2 is 1.31 bits per heavy atom. The number of hydrogen-bond acceptors (Lipinski definition) is 3. The lowest BCUT2D eigenvalue weighted by Gasteiger charge is -2.21. The Labute approximate surface area is 190 Å². The summed E-state index contributed by atoms with van der Waals surface area (Å²) in [7, 11) is -3.62. The van der Waals surface area contributed by atoms with Gasteiger partial charge in [0.2, 0.25) is 10.0 Å². The zero-order valence-electron chi connectivity index (χ0n) is 18.0. The molecule has 3 aromatic carbocycles. The predicted molar refractivity (Wildman–Crippen MR) is 126 cm³/mol. The van der Waals surface area contributed by atoms with Gasteiger partial charge in [-0.3, -0.25) is 4.79 Å². The smallest absolute Gasteiger partial charge is 0.252 e. The molecule has 6 heteroatoms. The lowest BCUT2D eigenvalue weighted by atomic mass is 9.98. The third-order valence-corrected chi connectivity index (χ3v) is 7.73. The number of amides is 1. The lowest BCUT2D eigenvalue weighted by Crippen LogP contribution is -2.32. The summed E-state index contributed by atoms with van der Waals surface area (Å²) in [5, 5.41) is 3.09. The summed E-state index contributed by atoms with van der Waals surface area (Å²) < 4.78 is 27.9. The van der Waals surface area contributed by atoms with Crippen LogP contribution in [0.15, 0.2) is 89.8 Å². The monoisotopic (exact) mass is 448 g/mol. The Hall–Kier alpha value is -2.96. The molecular formula is C26H28N2O3S. The highest BCUT2D eigenvalue weighted by Crippen LogP contribution is 2.24. The average Bonchev–Trinajstić information content (AvgIpc) is 3.14. The van der Waals surface area contributed by atoms with Crippen LogP contribution in [-0.2, 0) is 10.0 Å². The molecule has 0 bridgehead atoms. The second kappa shape index (κ2) is 10.1. The van der Waals surface area contributed by atoms with Gasteiger partial charge in [-0.25, -0.2) is 8.42 Å². The molecule has 1 aliphatic rings. The Kier molecular flexibility index (Phi) is 7.02. The summed E-state index contributed by atoms with van der Waals surface area (Å²) in [6, 6.07) is 25.5. The number of carbonyl (C=O) groups is 1. The lowest BCUT2D eigenvalue weighted by molar-refractivity contribution is 0.0942. The summed E-state index contributed by atoms with van der Waals surface area (Å²) in [4.78, 5) is 13.4. The van der Waals surface area contributed by atoms with E-state index in [9.17, 15) is 13.2 Å². The maximum absolute atomic E-state index is 13.2. The topological polar surface area (TPSA) is 66.5 Å². The van der Waals surface area contributed by atoms with Crippen molar-refractivity contribution in [2.24, 2.45) is 0 Å². The number of carbonyl (C=O) groups excluding carboxylic acids is 1. The molecule has 5 nitrogen and oxygen atoms in total. The fourth-order valence-corrected chi connectivity index (χ4v) is 5.66. The van der Waals surface area contributed by atoms with Gasteiger partial charge in [0.15, 0.2) is 0 Å². The van der Waals surface area contributed by atoms with Gasteiger partial charge in [0.25, 0.3) is 5.91 Å². The zero-order chi connectivity index (χ0) is 22.4. The Balaban J connectivity index is 1.60. The highest BCUT2D eigenvalue weighted by molar-refractivity contribution is 7.89. The zero-order valence-corrected chi connectivity index (χ0v) is 18.8. The van der Waals surface area contributed by atoms with E-state index in [4.69, 9.17) is 0 Å². The predicted octanol–water partition coefficient (Wildman–Crippen LogP) is 4.77. The van der Waals surface area contributed by atoms with Crippen molar-refractivity contribution >= 4 is 15.9 Å². The summed E-state index contributed by atoms with van der Waals surface area (Å²) in [5.74, 6) is -0.310. The van der Waals surface area contributed by atoms with Crippen LogP contribution in [0.4, 0.5) is 0 Å². The van der Waals surface area contributed by atoms with Gasteiger partial charge in [0.05, 0.1) is 10.9 Å². The van der Waals surface area contributed by atoms with Gasteiger partial charge < -0.3 is 5.32 Å².